The van der Waals surface area contributed by atoms with Crippen LogP contribution in [-0.2, 0) is 6.42 Å². The molecule has 1 aromatic heterocycles. The molecule has 17 heavy (non-hydrogen) atoms. The second kappa shape index (κ2) is 5.72. The van der Waals surface area contributed by atoms with Gasteiger partial charge in [0, 0.05) is 58.1 Å². The Morgan fingerprint density at radius 2 is 2.24 bits per heavy atom. The Bertz CT molecular complexity index is 343. The molecule has 2 heterocycles. The molecule has 0 atom stereocenters. The number of carbonyl (C=O) groups is 1. The van der Waals surface area contributed by atoms with Crippen LogP contribution in [-0.4, -0.2) is 60.6 Å². The Balaban J connectivity index is 1.78. The molecule has 1 aromatic rings. The van der Waals surface area contributed by atoms with E-state index in [2.05, 4.69) is 10.3 Å². The van der Waals surface area contributed by atoms with Gasteiger partial charge >= 0.3 is 6.03 Å². The zero-order chi connectivity index (χ0) is 12.1. The van der Waals surface area contributed by atoms with Gasteiger partial charge in [-0.3, -0.25) is 0 Å². The van der Waals surface area contributed by atoms with Crippen LogP contribution in [0.5, 0.6) is 0 Å². The van der Waals surface area contributed by atoms with Crippen molar-refractivity contribution in [3.05, 3.63) is 24.0 Å². The number of piperazine rings is 1. The van der Waals surface area contributed by atoms with Crippen molar-refractivity contribution in [3.63, 3.8) is 0 Å². The molecular formula is C12H20N4O. The maximum Gasteiger partial charge on any atom is 0.319 e. The zero-order valence-corrected chi connectivity index (χ0v) is 10.3. The summed E-state index contributed by atoms with van der Waals surface area (Å²) in [5.74, 6) is 0. The Morgan fingerprint density at radius 1 is 1.47 bits per heavy atom. The van der Waals surface area contributed by atoms with E-state index >= 15 is 0 Å². The lowest BCUT2D eigenvalue weighted by molar-refractivity contribution is 0.156. The van der Waals surface area contributed by atoms with Crippen LogP contribution < -0.4 is 5.32 Å². The number of nitrogens with one attached hydrogen (secondary N) is 2. The number of carbonyl (C=O) groups excluding carboxylic acids is 1. The molecule has 1 saturated heterocycles. The highest BCUT2D eigenvalue weighted by molar-refractivity contribution is 5.74. The van der Waals surface area contributed by atoms with Crippen molar-refractivity contribution in [1.29, 1.82) is 0 Å². The van der Waals surface area contributed by atoms with Crippen LogP contribution in [0.25, 0.3) is 0 Å². The SMILES string of the molecule is CN(CCc1ccc[nH]1)C(=O)N1CCNCC1. The third-order valence-electron chi connectivity index (χ3n) is 3.09. The number of aromatic nitrogens is 1. The molecule has 1 aliphatic rings. The fourth-order valence-corrected chi connectivity index (χ4v) is 2.00. The average Bonchev–Trinajstić information content (AvgIpc) is 2.89. The van der Waals surface area contributed by atoms with Crippen molar-refractivity contribution in [1.82, 2.24) is 20.1 Å². The first-order valence-electron chi connectivity index (χ1n) is 6.10. The average molecular weight is 236 g/mol. The molecule has 0 aromatic carbocycles. The maximum atomic E-state index is 12.1. The fourth-order valence-electron chi connectivity index (χ4n) is 2.00. The minimum atomic E-state index is 0.137. The third kappa shape index (κ3) is 3.23. The predicted octanol–water partition coefficient (Wildman–Crippen LogP) is 0.514. The largest absolute Gasteiger partial charge is 0.365 e. The van der Waals surface area contributed by atoms with E-state index < -0.39 is 0 Å². The summed E-state index contributed by atoms with van der Waals surface area (Å²) < 4.78 is 0. The highest BCUT2D eigenvalue weighted by Crippen LogP contribution is 2.02. The van der Waals surface area contributed by atoms with Gasteiger partial charge in [-0.1, -0.05) is 0 Å². The van der Waals surface area contributed by atoms with E-state index in [0.717, 1.165) is 39.1 Å². The lowest BCUT2D eigenvalue weighted by Crippen LogP contribution is -2.50. The number of urea groups is 1. The molecule has 0 spiro atoms. The van der Waals surface area contributed by atoms with Gasteiger partial charge in [0.05, 0.1) is 0 Å². The number of nitrogens with zero attached hydrogens (tertiary/aromatic N) is 2. The van der Waals surface area contributed by atoms with Crippen molar-refractivity contribution >= 4 is 6.03 Å². The van der Waals surface area contributed by atoms with E-state index in [-0.39, 0.29) is 6.03 Å². The molecule has 5 heteroatoms. The molecule has 0 unspecified atom stereocenters. The summed E-state index contributed by atoms with van der Waals surface area (Å²) in [6, 6.07) is 4.16. The summed E-state index contributed by atoms with van der Waals surface area (Å²) in [5, 5.41) is 3.25. The molecule has 0 radical (unpaired) electrons. The number of hydrogen-bond donors (Lipinski definition) is 2. The van der Waals surface area contributed by atoms with E-state index in [9.17, 15) is 4.79 Å². The van der Waals surface area contributed by atoms with Crippen LogP contribution in [0.1, 0.15) is 5.69 Å². The summed E-state index contributed by atoms with van der Waals surface area (Å²) >= 11 is 0. The van der Waals surface area contributed by atoms with Gasteiger partial charge < -0.3 is 20.1 Å². The highest BCUT2D eigenvalue weighted by Gasteiger charge is 2.19. The summed E-state index contributed by atoms with van der Waals surface area (Å²) in [7, 11) is 1.87. The molecule has 2 N–H and O–H groups in total. The Morgan fingerprint density at radius 3 is 2.88 bits per heavy atom. The smallest absolute Gasteiger partial charge is 0.319 e. The van der Waals surface area contributed by atoms with Gasteiger partial charge in [-0.25, -0.2) is 4.79 Å². The lowest BCUT2D eigenvalue weighted by atomic mass is 10.3. The minimum Gasteiger partial charge on any atom is -0.365 e. The van der Waals surface area contributed by atoms with Crippen LogP contribution in [0.2, 0.25) is 0 Å². The zero-order valence-electron chi connectivity index (χ0n) is 10.3. The second-order valence-electron chi connectivity index (χ2n) is 4.39. The van der Waals surface area contributed by atoms with Crippen molar-refractivity contribution in [2.45, 2.75) is 6.42 Å². The van der Waals surface area contributed by atoms with E-state index in [1.54, 1.807) is 4.90 Å². The van der Waals surface area contributed by atoms with Gasteiger partial charge in [-0.05, 0) is 12.1 Å². The molecule has 5 nitrogen and oxygen atoms in total. The fraction of sp³-hybridized carbons (Fsp3) is 0.583. The van der Waals surface area contributed by atoms with E-state index in [0.29, 0.717) is 0 Å². The predicted molar refractivity (Wildman–Crippen MR) is 67.0 cm³/mol. The molecule has 0 bridgehead atoms. The van der Waals surface area contributed by atoms with Gasteiger partial charge in [-0.2, -0.15) is 0 Å². The van der Waals surface area contributed by atoms with Crippen LogP contribution in [0.15, 0.2) is 18.3 Å². The molecule has 1 aliphatic heterocycles. The second-order valence-corrected chi connectivity index (χ2v) is 4.39. The highest BCUT2D eigenvalue weighted by atomic mass is 16.2. The summed E-state index contributed by atoms with van der Waals surface area (Å²) in [6.45, 7) is 4.17. The first kappa shape index (κ1) is 12.0. The van der Waals surface area contributed by atoms with Gasteiger partial charge in [0.25, 0.3) is 0 Å². The molecule has 2 rings (SSSR count). The van der Waals surface area contributed by atoms with Gasteiger partial charge in [-0.15, -0.1) is 0 Å². The van der Waals surface area contributed by atoms with E-state index in [1.165, 1.54) is 5.69 Å². The van der Waals surface area contributed by atoms with E-state index in [1.807, 2.05) is 30.3 Å². The minimum absolute atomic E-state index is 0.137. The number of rotatable bonds is 3. The topological polar surface area (TPSA) is 51.4 Å². The normalized spacial score (nSPS) is 15.9. The van der Waals surface area contributed by atoms with Crippen LogP contribution in [0.3, 0.4) is 0 Å². The molecule has 0 aliphatic carbocycles. The van der Waals surface area contributed by atoms with Gasteiger partial charge in [0.1, 0.15) is 0 Å². The van der Waals surface area contributed by atoms with Crippen molar-refractivity contribution in [2.24, 2.45) is 0 Å². The Hall–Kier alpha value is -1.49. The summed E-state index contributed by atoms with van der Waals surface area (Å²) in [6.07, 6.45) is 2.79. The number of aromatic amines is 1. The molecule has 94 valence electrons. The molecule has 0 saturated carbocycles. The quantitative estimate of drug-likeness (QED) is 0.803. The number of amides is 2. The lowest BCUT2D eigenvalue weighted by Gasteiger charge is -2.31. The summed E-state index contributed by atoms with van der Waals surface area (Å²) in [5.41, 5.74) is 1.17. The maximum absolute atomic E-state index is 12.1. The van der Waals surface area contributed by atoms with Crippen molar-refractivity contribution in [3.8, 4) is 0 Å². The monoisotopic (exact) mass is 236 g/mol. The van der Waals surface area contributed by atoms with E-state index in [4.69, 9.17) is 0 Å². The molecular weight excluding hydrogens is 216 g/mol. The summed E-state index contributed by atoms with van der Waals surface area (Å²) in [4.78, 5) is 18.9. The Kier molecular flexibility index (Phi) is 4.03. The van der Waals surface area contributed by atoms with Gasteiger partial charge in [0.2, 0.25) is 0 Å². The van der Waals surface area contributed by atoms with Crippen LogP contribution in [0, 0.1) is 0 Å². The number of H-pyrrole nitrogens is 1. The number of likely N-dealkylation sites (N-methyl/N-ethyl adjacent to an activating group) is 1. The van der Waals surface area contributed by atoms with Crippen LogP contribution >= 0.6 is 0 Å². The van der Waals surface area contributed by atoms with Crippen molar-refractivity contribution < 1.29 is 4.79 Å². The van der Waals surface area contributed by atoms with Crippen molar-refractivity contribution in [2.75, 3.05) is 39.8 Å². The standard InChI is InChI=1S/C12H20N4O/c1-15(8-4-11-3-2-5-14-11)12(17)16-9-6-13-7-10-16/h2-3,5,13-14H,4,6-10H2,1H3. The van der Waals surface area contributed by atoms with Crippen LogP contribution in [0.4, 0.5) is 4.79 Å². The third-order valence-corrected chi connectivity index (χ3v) is 3.09. The van der Waals surface area contributed by atoms with Gasteiger partial charge in [0.15, 0.2) is 0 Å². The molecule has 1 fully saturated rings. The first-order chi connectivity index (χ1) is 8.27. The Labute approximate surface area is 102 Å². The number of hydrogen-bond acceptors (Lipinski definition) is 2. The first-order valence-corrected chi connectivity index (χ1v) is 6.10. The molecule has 2 amide bonds.